The summed E-state index contributed by atoms with van der Waals surface area (Å²) in [5.74, 6) is 3.82. The zero-order chi connectivity index (χ0) is 13.1. The molecule has 94 valence electrons. The molecule has 1 atom stereocenters. The van der Waals surface area contributed by atoms with Crippen LogP contribution >= 0.6 is 21.8 Å². The summed E-state index contributed by atoms with van der Waals surface area (Å²) >= 11 is 1.42. The molecule has 0 saturated carbocycles. The number of rotatable bonds is 3. The van der Waals surface area contributed by atoms with Gasteiger partial charge in [-0.2, -0.15) is 10.5 Å². The molecule has 1 unspecified atom stereocenters. The van der Waals surface area contributed by atoms with Crippen molar-refractivity contribution in [2.24, 2.45) is 0 Å². The van der Waals surface area contributed by atoms with Crippen LogP contribution in [0.1, 0.15) is 10.4 Å². The first-order valence-electron chi connectivity index (χ1n) is 5.08. The van der Waals surface area contributed by atoms with Gasteiger partial charge in [0.1, 0.15) is 5.75 Å². The molecular weight excluding hydrogens is 268 g/mol. The highest BCUT2D eigenvalue weighted by molar-refractivity contribution is 8.14. The average Bonchev–Trinajstić information content (AvgIpc) is 2.78. The van der Waals surface area contributed by atoms with Crippen LogP contribution in [0.25, 0.3) is 0 Å². The quantitative estimate of drug-likeness (QED) is 0.850. The monoisotopic (exact) mass is 280 g/mol. The first kappa shape index (κ1) is 12.8. The molecule has 0 aliphatic carbocycles. The number of carbonyl (C=O) groups is 1. The minimum atomic E-state index is -0.240. The molecule has 2 rings (SSSR count). The number of hydrogen-bond acceptors (Lipinski definition) is 4. The van der Waals surface area contributed by atoms with Crippen LogP contribution in [0, 0.1) is 0 Å². The number of benzene rings is 1. The number of phenolic OH excluding ortho intramolecular Hbond substituents is 1. The van der Waals surface area contributed by atoms with E-state index >= 15 is 0 Å². The number of thiazole rings is 1. The van der Waals surface area contributed by atoms with Crippen LogP contribution in [0.4, 0.5) is 5.13 Å². The van der Waals surface area contributed by atoms with Crippen LogP contribution in [-0.4, -0.2) is 28.1 Å². The number of aromatic nitrogens is 1. The van der Waals surface area contributed by atoms with Gasteiger partial charge in [0.2, 0.25) is 0 Å². The molecule has 0 aliphatic heterocycles. The lowest BCUT2D eigenvalue weighted by molar-refractivity contribution is 0.102. The largest absolute Gasteiger partial charge is 0.508 e. The number of nitrogens with zero attached hydrogens (tertiary/aromatic N) is 1. The van der Waals surface area contributed by atoms with Crippen molar-refractivity contribution in [2.45, 2.75) is 4.21 Å². The van der Waals surface area contributed by atoms with E-state index in [2.05, 4.69) is 16.2 Å². The molecule has 6 heteroatoms. The zero-order valence-electron chi connectivity index (χ0n) is 9.71. The van der Waals surface area contributed by atoms with Gasteiger partial charge in [0.15, 0.2) is 5.13 Å². The van der Waals surface area contributed by atoms with Crippen LogP contribution in [0.3, 0.4) is 0 Å². The van der Waals surface area contributed by atoms with Gasteiger partial charge in [-0.25, -0.2) is 4.98 Å². The smallest absolute Gasteiger partial charge is 0.257 e. The highest BCUT2D eigenvalue weighted by atomic mass is 32.2. The van der Waals surface area contributed by atoms with E-state index in [1.54, 1.807) is 18.3 Å². The van der Waals surface area contributed by atoms with Gasteiger partial charge in [-0.15, -0.1) is 0 Å². The Labute approximate surface area is 111 Å². The number of nitrogens with one attached hydrogen (secondary N) is 1. The van der Waals surface area contributed by atoms with Gasteiger partial charge in [-0.3, -0.25) is 10.1 Å². The van der Waals surface area contributed by atoms with Crippen molar-refractivity contribution in [3.63, 3.8) is 0 Å². The second-order valence-corrected chi connectivity index (χ2v) is 6.63. The Kier molecular flexibility index (Phi) is 3.78. The molecule has 4 nitrogen and oxygen atoms in total. The van der Waals surface area contributed by atoms with E-state index < -0.39 is 0 Å². The summed E-state index contributed by atoms with van der Waals surface area (Å²) in [6.07, 6.45) is 3.73. The molecule has 1 aromatic carbocycles. The summed E-state index contributed by atoms with van der Waals surface area (Å²) in [5, 5.41) is 12.4. The third-order valence-electron chi connectivity index (χ3n) is 2.18. The van der Waals surface area contributed by atoms with Crippen molar-refractivity contribution in [3.05, 3.63) is 36.0 Å². The lowest BCUT2D eigenvalue weighted by Crippen LogP contribution is -2.11. The summed E-state index contributed by atoms with van der Waals surface area (Å²) in [5.41, 5.74) is 0.481. The molecule has 1 heterocycles. The Bertz CT molecular complexity index is 590. The van der Waals surface area contributed by atoms with Crippen molar-refractivity contribution in [3.8, 4) is 5.75 Å². The Balaban J connectivity index is 2.11. The SMILES string of the molecule is C=S(C)c1cnc(NC(=O)c2ccc(O)cc2)s1. The van der Waals surface area contributed by atoms with Crippen LogP contribution in [0.15, 0.2) is 34.7 Å². The van der Waals surface area contributed by atoms with Crippen LogP contribution < -0.4 is 5.32 Å². The maximum absolute atomic E-state index is 11.9. The molecule has 2 N–H and O–H groups in total. The summed E-state index contributed by atoms with van der Waals surface area (Å²) < 4.78 is 1.05. The highest BCUT2D eigenvalue weighted by Gasteiger charge is 2.09. The number of aromatic hydroxyl groups is 1. The molecule has 1 amide bonds. The first-order chi connectivity index (χ1) is 8.56. The van der Waals surface area contributed by atoms with Gasteiger partial charge in [-0.1, -0.05) is 17.2 Å². The van der Waals surface area contributed by atoms with Crippen molar-refractivity contribution in [1.82, 2.24) is 4.98 Å². The molecule has 0 aliphatic rings. The molecule has 0 radical (unpaired) electrons. The third-order valence-corrected chi connectivity index (χ3v) is 4.78. The van der Waals surface area contributed by atoms with Gasteiger partial charge in [0, 0.05) is 5.56 Å². The van der Waals surface area contributed by atoms with E-state index in [4.69, 9.17) is 5.11 Å². The van der Waals surface area contributed by atoms with Crippen molar-refractivity contribution >= 4 is 38.7 Å². The molecule has 18 heavy (non-hydrogen) atoms. The second-order valence-electron chi connectivity index (χ2n) is 3.62. The molecule has 0 spiro atoms. The number of hydrogen-bond donors (Lipinski definition) is 2. The third kappa shape index (κ3) is 2.96. The van der Waals surface area contributed by atoms with Crippen molar-refractivity contribution in [2.75, 3.05) is 11.6 Å². The Hall–Kier alpha value is -1.66. The number of amides is 1. The fourth-order valence-corrected chi connectivity index (χ4v) is 2.84. The molecule has 1 aromatic heterocycles. The number of carbonyl (C=O) groups excluding carboxylic acids is 1. The molecule has 0 saturated heterocycles. The predicted octanol–water partition coefficient (Wildman–Crippen LogP) is 2.79. The first-order valence-corrected chi connectivity index (χ1v) is 7.70. The fourth-order valence-electron chi connectivity index (χ4n) is 1.26. The molecular formula is C12H12N2O2S2. The van der Waals surface area contributed by atoms with Gasteiger partial charge >= 0.3 is 0 Å². The Morgan fingerprint density at radius 3 is 2.67 bits per heavy atom. The zero-order valence-corrected chi connectivity index (χ0v) is 11.3. The Morgan fingerprint density at radius 1 is 1.44 bits per heavy atom. The number of phenols is 1. The van der Waals surface area contributed by atoms with Crippen molar-refractivity contribution in [1.29, 1.82) is 0 Å². The highest BCUT2D eigenvalue weighted by Crippen LogP contribution is 2.30. The normalized spacial score (nSPS) is 12.1. The van der Waals surface area contributed by atoms with Gasteiger partial charge in [-0.05, 0) is 30.5 Å². The van der Waals surface area contributed by atoms with Gasteiger partial charge in [0.25, 0.3) is 5.91 Å². The predicted molar refractivity (Wildman–Crippen MR) is 77.1 cm³/mol. The molecule has 2 aromatic rings. The summed E-state index contributed by atoms with van der Waals surface area (Å²) in [4.78, 5) is 16.0. The average molecular weight is 280 g/mol. The second kappa shape index (κ2) is 5.32. The van der Waals surface area contributed by atoms with E-state index in [0.29, 0.717) is 10.7 Å². The fraction of sp³-hybridized carbons (Fsp3) is 0.0833. The van der Waals surface area contributed by atoms with E-state index in [-0.39, 0.29) is 22.1 Å². The van der Waals surface area contributed by atoms with Crippen LogP contribution in [0.5, 0.6) is 5.75 Å². The topological polar surface area (TPSA) is 62.2 Å². The van der Waals surface area contributed by atoms with E-state index in [0.717, 1.165) is 4.21 Å². The maximum Gasteiger partial charge on any atom is 0.257 e. The number of anilines is 1. The van der Waals surface area contributed by atoms with Gasteiger partial charge < -0.3 is 5.11 Å². The van der Waals surface area contributed by atoms with E-state index in [1.807, 2.05) is 6.26 Å². The summed E-state index contributed by atoms with van der Waals surface area (Å²) in [7, 11) is -0.0989. The van der Waals surface area contributed by atoms with E-state index in [1.165, 1.54) is 23.5 Å². The van der Waals surface area contributed by atoms with Crippen LogP contribution in [-0.2, 0) is 0 Å². The minimum absolute atomic E-state index is 0.0989. The standard InChI is InChI=1S/C12H12N2O2S2/c1-18(2)10-7-13-12(17-10)14-11(16)8-3-5-9(15)6-4-8/h3-7,15H,1H2,2H3,(H,13,14,16). The lowest BCUT2D eigenvalue weighted by Gasteiger charge is -2.01. The molecule has 0 fully saturated rings. The summed E-state index contributed by atoms with van der Waals surface area (Å²) in [6.45, 7) is 0. The lowest BCUT2D eigenvalue weighted by atomic mass is 10.2. The van der Waals surface area contributed by atoms with Crippen LogP contribution in [0.2, 0.25) is 0 Å². The summed E-state index contributed by atoms with van der Waals surface area (Å²) in [6, 6.07) is 6.07. The molecule has 0 bridgehead atoms. The van der Waals surface area contributed by atoms with Crippen molar-refractivity contribution < 1.29 is 9.90 Å². The minimum Gasteiger partial charge on any atom is -0.508 e. The van der Waals surface area contributed by atoms with Gasteiger partial charge in [0.05, 0.1) is 10.4 Å². The Morgan fingerprint density at radius 2 is 2.11 bits per heavy atom. The maximum atomic E-state index is 11.9. The van der Waals surface area contributed by atoms with E-state index in [9.17, 15) is 4.79 Å².